The number of hydrogen-bond donors (Lipinski definition) is 1. The first-order valence-electron chi connectivity index (χ1n) is 11.8. The topological polar surface area (TPSA) is 75.6 Å². The third-order valence-electron chi connectivity index (χ3n) is 6.35. The van der Waals surface area contributed by atoms with E-state index in [2.05, 4.69) is 31.4 Å². The minimum absolute atomic E-state index is 0.164. The molecule has 2 aliphatic heterocycles. The van der Waals surface area contributed by atoms with Gasteiger partial charge in [-0.05, 0) is 24.6 Å². The highest BCUT2D eigenvalue weighted by Crippen LogP contribution is 2.28. The molecule has 0 saturated carbocycles. The van der Waals surface area contributed by atoms with E-state index in [0.29, 0.717) is 62.8 Å². The maximum absolute atomic E-state index is 14.4. The first kappa shape index (κ1) is 24.3. The van der Waals surface area contributed by atoms with Crippen molar-refractivity contribution in [2.24, 2.45) is 0 Å². The summed E-state index contributed by atoms with van der Waals surface area (Å²) in [5.41, 5.74) is 2.59. The lowest BCUT2D eigenvalue weighted by Crippen LogP contribution is -2.46. The van der Waals surface area contributed by atoms with E-state index in [4.69, 9.17) is 14.7 Å². The second kappa shape index (κ2) is 10.7. The number of hydrogen-bond acceptors (Lipinski definition) is 8. The molecule has 0 radical (unpaired) electrons. The van der Waals surface area contributed by atoms with Crippen molar-refractivity contribution < 1.29 is 22.6 Å². The predicted octanol–water partition coefficient (Wildman–Crippen LogP) is 3.93. The van der Waals surface area contributed by atoms with E-state index in [1.165, 1.54) is 12.1 Å². The Morgan fingerprint density at radius 2 is 2.00 bits per heavy atom. The van der Waals surface area contributed by atoms with Gasteiger partial charge in [0, 0.05) is 51.0 Å². The minimum Gasteiger partial charge on any atom is -0.435 e. The lowest BCUT2D eigenvalue weighted by Gasteiger charge is -2.36. The van der Waals surface area contributed by atoms with Gasteiger partial charge in [0.2, 0.25) is 0 Å². The largest absolute Gasteiger partial charge is 0.435 e. The summed E-state index contributed by atoms with van der Waals surface area (Å²) in [6, 6.07) is 5.88. The number of fused-ring (bicyclic) bond motifs is 1. The van der Waals surface area contributed by atoms with Crippen molar-refractivity contribution in [3.05, 3.63) is 54.1 Å². The van der Waals surface area contributed by atoms with Gasteiger partial charge in [0.05, 0.1) is 30.1 Å². The number of alkyl halides is 2. The Balaban J connectivity index is 1.31. The van der Waals surface area contributed by atoms with E-state index < -0.39 is 12.4 Å². The summed E-state index contributed by atoms with van der Waals surface area (Å²) in [6.45, 7) is 5.18. The summed E-state index contributed by atoms with van der Waals surface area (Å²) in [4.78, 5) is 18.4. The van der Waals surface area contributed by atoms with Crippen molar-refractivity contribution in [2.75, 3.05) is 49.6 Å². The normalized spacial score (nSPS) is 18.7. The van der Waals surface area contributed by atoms with Crippen LogP contribution in [0, 0.1) is 5.82 Å². The number of halogens is 3. The maximum atomic E-state index is 14.4. The number of piperazine rings is 1. The van der Waals surface area contributed by atoms with E-state index >= 15 is 0 Å². The highest BCUT2D eigenvalue weighted by atomic mass is 19.3. The molecular formula is C25H27F3N6O2. The van der Waals surface area contributed by atoms with Crippen molar-refractivity contribution in [2.45, 2.75) is 25.6 Å². The molecule has 1 atom stereocenters. The molecule has 0 bridgehead atoms. The van der Waals surface area contributed by atoms with Crippen molar-refractivity contribution >= 4 is 28.7 Å². The molecule has 3 aromatic rings. The smallest absolute Gasteiger partial charge is 0.387 e. The number of anilines is 2. The minimum atomic E-state index is -2.98. The zero-order chi connectivity index (χ0) is 25.1. The highest BCUT2D eigenvalue weighted by Gasteiger charge is 2.25. The summed E-state index contributed by atoms with van der Waals surface area (Å²) in [5.74, 6) is 0.705. The van der Waals surface area contributed by atoms with Gasteiger partial charge in [-0.1, -0.05) is 12.6 Å². The number of aromatic nitrogens is 3. The molecule has 2 aromatic heterocycles. The van der Waals surface area contributed by atoms with E-state index in [1.54, 1.807) is 12.3 Å². The third kappa shape index (κ3) is 5.52. The molecule has 36 heavy (non-hydrogen) atoms. The van der Waals surface area contributed by atoms with Crippen molar-refractivity contribution in [1.82, 2.24) is 19.9 Å². The Morgan fingerprint density at radius 3 is 2.69 bits per heavy atom. The van der Waals surface area contributed by atoms with Crippen LogP contribution in [-0.2, 0) is 11.3 Å². The Hall–Kier alpha value is -3.44. The summed E-state index contributed by atoms with van der Waals surface area (Å²) in [5, 5.41) is 3.50. The fourth-order valence-electron chi connectivity index (χ4n) is 4.43. The van der Waals surface area contributed by atoms with Crippen LogP contribution >= 0.6 is 0 Å². The van der Waals surface area contributed by atoms with Gasteiger partial charge in [-0.2, -0.15) is 8.78 Å². The van der Waals surface area contributed by atoms with Crippen LogP contribution in [-0.4, -0.2) is 71.9 Å². The van der Waals surface area contributed by atoms with Crippen LogP contribution in [0.15, 0.2) is 37.0 Å². The molecular weight excluding hydrogens is 473 g/mol. The zero-order valence-corrected chi connectivity index (χ0v) is 19.7. The van der Waals surface area contributed by atoms with Gasteiger partial charge in [-0.25, -0.2) is 14.4 Å². The van der Waals surface area contributed by atoms with Crippen molar-refractivity contribution in [1.29, 1.82) is 0 Å². The molecule has 0 amide bonds. The standard InChI is InChI=1S/C25H27F3N6O2/c1-2-17-11-21-22(13-29-17)32-24(23(31-21)30-18-5-10-35-15-18)34-8-6-33(7-9-34)14-16-3-4-19(12-20(16)26)36-25(27)28/h2-4,11-13,18,25H,1,5-10,14-15H2,(H,30,31)/t18-/m1/s1. The molecule has 0 unspecified atom stereocenters. The molecule has 1 aromatic carbocycles. The number of nitrogens with zero attached hydrogens (tertiary/aromatic N) is 5. The molecule has 11 heteroatoms. The molecule has 2 fully saturated rings. The lowest BCUT2D eigenvalue weighted by molar-refractivity contribution is -0.0500. The van der Waals surface area contributed by atoms with E-state index in [-0.39, 0.29) is 11.8 Å². The molecule has 2 saturated heterocycles. The monoisotopic (exact) mass is 500 g/mol. The molecule has 4 heterocycles. The molecule has 1 N–H and O–H groups in total. The van der Waals surface area contributed by atoms with Gasteiger partial charge in [-0.3, -0.25) is 9.88 Å². The average molecular weight is 501 g/mol. The number of pyridine rings is 1. The van der Waals surface area contributed by atoms with Gasteiger partial charge in [0.1, 0.15) is 17.1 Å². The zero-order valence-electron chi connectivity index (χ0n) is 19.7. The highest BCUT2D eigenvalue weighted by molar-refractivity contribution is 5.81. The van der Waals surface area contributed by atoms with Gasteiger partial charge < -0.3 is 19.7 Å². The third-order valence-corrected chi connectivity index (χ3v) is 6.35. The Bertz CT molecular complexity index is 1230. The number of ether oxygens (including phenoxy) is 2. The van der Waals surface area contributed by atoms with Crippen molar-refractivity contribution in [3.63, 3.8) is 0 Å². The van der Waals surface area contributed by atoms with Gasteiger partial charge in [0.25, 0.3) is 0 Å². The SMILES string of the molecule is C=Cc1cc2nc(N[C@@H]3CCOC3)c(N3CCN(Cc4ccc(OC(F)F)cc4F)CC3)nc2cn1. The Labute approximate surface area is 206 Å². The molecule has 2 aliphatic rings. The molecule has 190 valence electrons. The first-order valence-corrected chi connectivity index (χ1v) is 11.8. The van der Waals surface area contributed by atoms with E-state index in [1.807, 2.05) is 6.07 Å². The number of nitrogens with one attached hydrogen (secondary N) is 1. The lowest BCUT2D eigenvalue weighted by atomic mass is 10.1. The quantitative estimate of drug-likeness (QED) is 0.499. The molecule has 0 aliphatic carbocycles. The van der Waals surface area contributed by atoms with Crippen LogP contribution in [0.3, 0.4) is 0 Å². The summed E-state index contributed by atoms with van der Waals surface area (Å²) in [7, 11) is 0. The number of benzene rings is 1. The Morgan fingerprint density at radius 1 is 1.17 bits per heavy atom. The van der Waals surface area contributed by atoms with Gasteiger partial charge in [-0.15, -0.1) is 0 Å². The fourth-order valence-corrected chi connectivity index (χ4v) is 4.43. The van der Waals surface area contributed by atoms with Crippen molar-refractivity contribution in [3.8, 4) is 5.75 Å². The summed E-state index contributed by atoms with van der Waals surface area (Å²) in [6.07, 6.45) is 4.27. The van der Waals surface area contributed by atoms with Crippen LogP contribution < -0.4 is 15.0 Å². The van der Waals surface area contributed by atoms with Crippen LogP contribution in [0.5, 0.6) is 5.75 Å². The predicted molar refractivity (Wildman–Crippen MR) is 131 cm³/mol. The Kier molecular flexibility index (Phi) is 7.19. The van der Waals surface area contributed by atoms with Crippen LogP contribution in [0.1, 0.15) is 17.7 Å². The average Bonchev–Trinajstić information content (AvgIpc) is 3.38. The van der Waals surface area contributed by atoms with E-state index in [9.17, 15) is 13.2 Å². The van der Waals surface area contributed by atoms with Crippen LogP contribution in [0.4, 0.5) is 24.8 Å². The molecule has 5 rings (SSSR count). The maximum Gasteiger partial charge on any atom is 0.387 e. The number of rotatable bonds is 8. The van der Waals surface area contributed by atoms with Crippen LogP contribution in [0.2, 0.25) is 0 Å². The fraction of sp³-hybridized carbons (Fsp3) is 0.400. The molecule has 8 nitrogen and oxygen atoms in total. The summed E-state index contributed by atoms with van der Waals surface area (Å²) >= 11 is 0. The second-order valence-corrected chi connectivity index (χ2v) is 8.80. The van der Waals surface area contributed by atoms with Gasteiger partial charge in [0.15, 0.2) is 11.6 Å². The van der Waals surface area contributed by atoms with E-state index in [0.717, 1.165) is 29.5 Å². The second-order valence-electron chi connectivity index (χ2n) is 8.80. The van der Waals surface area contributed by atoms with Crippen LogP contribution in [0.25, 0.3) is 17.1 Å². The van der Waals surface area contributed by atoms with Gasteiger partial charge >= 0.3 is 6.61 Å². The molecule has 0 spiro atoms. The summed E-state index contributed by atoms with van der Waals surface area (Å²) < 4.78 is 49.0. The first-order chi connectivity index (χ1) is 17.5.